The SMILES string of the molecule is C[CH]=[Cr].Cc1cc2c([cH-]1)CCCC2.Cc1cc2c([cH-]1)CCCC2. The van der Waals surface area contributed by atoms with Crippen molar-refractivity contribution >= 4 is 4.88 Å². The molecule has 0 saturated carbocycles. The van der Waals surface area contributed by atoms with Crippen LogP contribution in [0.3, 0.4) is 0 Å². The molecule has 0 saturated heterocycles. The Morgan fingerprint density at radius 2 is 1.13 bits per heavy atom. The summed E-state index contributed by atoms with van der Waals surface area (Å²) in [5, 5.41) is 0. The van der Waals surface area contributed by atoms with Crippen molar-refractivity contribution in [1.29, 1.82) is 0 Å². The van der Waals surface area contributed by atoms with E-state index < -0.39 is 0 Å². The number of fused-ring (bicyclic) bond motifs is 2. The predicted molar refractivity (Wildman–Crippen MR) is 98.6 cm³/mol. The normalized spacial score (nSPS) is 15.3. The molecule has 0 N–H and O–H groups in total. The van der Waals surface area contributed by atoms with Crippen molar-refractivity contribution in [1.82, 2.24) is 0 Å². The average molecular weight is 346 g/mol. The van der Waals surface area contributed by atoms with Gasteiger partial charge >= 0.3 is 27.7 Å². The molecule has 2 aliphatic carbocycles. The smallest absolute Gasteiger partial charge is 0.0512 e. The standard InChI is InChI=1S/2C10H13.C2H4.Cr/c2*1-8-6-9-4-2-3-5-10(9)7-8;1-2;/h2*6-7H,2-5H2,1H3;1H,2H3;/q2*-1;;. The molecule has 1 heteroatoms. The van der Waals surface area contributed by atoms with Crippen molar-refractivity contribution < 1.29 is 15.9 Å². The van der Waals surface area contributed by atoms with Crippen molar-refractivity contribution in [3.05, 3.63) is 57.6 Å². The van der Waals surface area contributed by atoms with E-state index in [4.69, 9.17) is 0 Å². The van der Waals surface area contributed by atoms with Gasteiger partial charge in [0.15, 0.2) is 0 Å². The second kappa shape index (κ2) is 9.41. The monoisotopic (exact) mass is 346 g/mol. The molecule has 0 spiro atoms. The second-order valence-corrected chi connectivity index (χ2v) is 7.55. The fourth-order valence-corrected chi connectivity index (χ4v) is 3.75. The van der Waals surface area contributed by atoms with Gasteiger partial charge in [-0.05, 0) is 0 Å². The summed E-state index contributed by atoms with van der Waals surface area (Å²) in [6, 6.07) is 9.37. The third kappa shape index (κ3) is 5.59. The zero-order valence-electron chi connectivity index (χ0n) is 15.0. The summed E-state index contributed by atoms with van der Waals surface area (Å²) in [7, 11) is 0. The molecule has 0 bridgehead atoms. The van der Waals surface area contributed by atoms with E-state index >= 15 is 0 Å². The minimum atomic E-state index is 1.32. The Labute approximate surface area is 150 Å². The molecule has 23 heavy (non-hydrogen) atoms. The number of aryl methyl sites for hydroxylation is 6. The molecule has 2 aliphatic rings. The number of rotatable bonds is 0. The van der Waals surface area contributed by atoms with Gasteiger partial charge in [0, 0.05) is 0 Å². The third-order valence-electron chi connectivity index (χ3n) is 4.72. The first-order chi connectivity index (χ1) is 11.1. The van der Waals surface area contributed by atoms with E-state index in [-0.39, 0.29) is 0 Å². The van der Waals surface area contributed by atoms with Gasteiger partial charge in [0.1, 0.15) is 0 Å². The molecule has 0 aromatic heterocycles. The maximum atomic E-state index is 2.68. The summed E-state index contributed by atoms with van der Waals surface area (Å²) >= 11 is 2.68. The van der Waals surface area contributed by atoms with Crippen molar-refractivity contribution in [3.8, 4) is 0 Å². The summed E-state index contributed by atoms with van der Waals surface area (Å²) in [5.74, 6) is 0. The second-order valence-electron chi connectivity index (χ2n) is 6.82. The Balaban J connectivity index is 0.000000143. The number of hydrogen-bond donors (Lipinski definition) is 0. The minimum Gasteiger partial charge on any atom is -0.207 e. The van der Waals surface area contributed by atoms with Crippen LogP contribution in [0.5, 0.6) is 0 Å². The van der Waals surface area contributed by atoms with E-state index in [1.165, 1.54) is 62.5 Å². The van der Waals surface area contributed by atoms with Crippen LogP contribution in [-0.2, 0) is 41.5 Å². The molecule has 2 aromatic rings. The maximum absolute atomic E-state index is 2.68. The fourth-order valence-electron chi connectivity index (χ4n) is 3.75. The molecule has 0 atom stereocenters. The summed E-state index contributed by atoms with van der Waals surface area (Å²) in [5.41, 5.74) is 9.36. The topological polar surface area (TPSA) is 0 Å². The molecular weight excluding hydrogens is 316 g/mol. The summed E-state index contributed by atoms with van der Waals surface area (Å²) in [6.07, 6.45) is 10.9. The molecule has 0 radical (unpaired) electrons. The van der Waals surface area contributed by atoms with Gasteiger partial charge < -0.3 is 0 Å². The molecule has 0 heterocycles. The Morgan fingerprint density at radius 3 is 1.48 bits per heavy atom. The fraction of sp³-hybridized carbons (Fsp3) is 0.500. The molecule has 0 amide bonds. The summed E-state index contributed by atoms with van der Waals surface area (Å²) in [4.78, 5) is 1.88. The first kappa shape index (κ1) is 18.4. The van der Waals surface area contributed by atoms with Gasteiger partial charge in [-0.25, -0.2) is 12.1 Å². The first-order valence-corrected chi connectivity index (χ1v) is 9.77. The molecule has 126 valence electrons. The van der Waals surface area contributed by atoms with Crippen LogP contribution in [0.4, 0.5) is 0 Å². The van der Waals surface area contributed by atoms with Crippen LogP contribution >= 0.6 is 0 Å². The van der Waals surface area contributed by atoms with E-state index in [1.807, 2.05) is 11.8 Å². The van der Waals surface area contributed by atoms with Crippen LogP contribution in [0.15, 0.2) is 24.3 Å². The van der Waals surface area contributed by atoms with E-state index in [2.05, 4.69) is 54.0 Å². The van der Waals surface area contributed by atoms with Crippen molar-refractivity contribution in [3.63, 3.8) is 0 Å². The van der Waals surface area contributed by atoms with E-state index in [1.54, 1.807) is 22.3 Å². The molecule has 0 nitrogen and oxygen atoms in total. The Morgan fingerprint density at radius 1 is 0.783 bits per heavy atom. The van der Waals surface area contributed by atoms with E-state index in [0.29, 0.717) is 0 Å². The van der Waals surface area contributed by atoms with Gasteiger partial charge in [0.2, 0.25) is 0 Å². The van der Waals surface area contributed by atoms with Gasteiger partial charge in [0.25, 0.3) is 0 Å². The van der Waals surface area contributed by atoms with Crippen molar-refractivity contribution in [2.75, 3.05) is 0 Å². The first-order valence-electron chi connectivity index (χ1n) is 9.04. The Hall–Kier alpha value is -0.898. The Bertz CT molecular complexity index is 513. The van der Waals surface area contributed by atoms with Gasteiger partial charge in [-0.2, -0.15) is 45.5 Å². The molecule has 4 rings (SSSR count). The largest absolute Gasteiger partial charge is 0.207 e. The van der Waals surface area contributed by atoms with Gasteiger partial charge in [-0.3, -0.25) is 0 Å². The molecule has 0 unspecified atom stereocenters. The van der Waals surface area contributed by atoms with E-state index in [9.17, 15) is 0 Å². The minimum absolute atomic E-state index is 1.32. The van der Waals surface area contributed by atoms with Gasteiger partial charge in [0.05, 0.1) is 0 Å². The third-order valence-corrected chi connectivity index (χ3v) is 4.72. The predicted octanol–water partition coefficient (Wildman–Crippen LogP) is 5.54. The van der Waals surface area contributed by atoms with Crippen LogP contribution < -0.4 is 0 Å². The average Bonchev–Trinajstić information content (AvgIpc) is 3.08. The zero-order valence-corrected chi connectivity index (χ0v) is 16.2. The van der Waals surface area contributed by atoms with Crippen molar-refractivity contribution in [2.45, 2.75) is 72.1 Å². The zero-order chi connectivity index (χ0) is 16.7. The molecule has 0 aliphatic heterocycles. The Kier molecular flexibility index (Phi) is 7.55. The quantitative estimate of drug-likeness (QED) is 0.549. The molecule has 0 fully saturated rings. The van der Waals surface area contributed by atoms with Crippen LogP contribution in [0, 0.1) is 13.8 Å². The van der Waals surface area contributed by atoms with E-state index in [0.717, 1.165) is 0 Å². The van der Waals surface area contributed by atoms with Gasteiger partial charge in [-0.15, -0.1) is 0 Å². The summed E-state index contributed by atoms with van der Waals surface area (Å²) in [6.45, 7) is 6.33. The molecule has 2 aromatic carbocycles. The van der Waals surface area contributed by atoms with Gasteiger partial charge in [-0.1, -0.05) is 65.2 Å². The van der Waals surface area contributed by atoms with Crippen LogP contribution in [0.1, 0.15) is 66.0 Å². The van der Waals surface area contributed by atoms with Crippen molar-refractivity contribution in [2.24, 2.45) is 0 Å². The van der Waals surface area contributed by atoms with Crippen LogP contribution in [0.25, 0.3) is 0 Å². The summed E-state index contributed by atoms with van der Waals surface area (Å²) < 4.78 is 0. The molecular formula is C22H30Cr-2. The van der Waals surface area contributed by atoms with Crippen LogP contribution in [-0.4, -0.2) is 4.88 Å². The number of hydrogen-bond acceptors (Lipinski definition) is 0. The van der Waals surface area contributed by atoms with Crippen LogP contribution in [0.2, 0.25) is 0 Å². The maximum Gasteiger partial charge on any atom is -0.0512 e.